The summed E-state index contributed by atoms with van der Waals surface area (Å²) in [7, 11) is 0. The maximum atomic E-state index is 2.31. The van der Waals surface area contributed by atoms with Crippen LogP contribution in [0.4, 0.5) is 0 Å². The zero-order valence-corrected chi connectivity index (χ0v) is 11.5. The second-order valence-corrected chi connectivity index (χ2v) is 4.83. The molecule has 0 bridgehead atoms. The summed E-state index contributed by atoms with van der Waals surface area (Å²) in [6, 6.07) is 0. The SMILES string of the molecule is CC.CCCCC1CCC(CCCC)C1. The van der Waals surface area contributed by atoms with E-state index in [0.29, 0.717) is 0 Å². The van der Waals surface area contributed by atoms with E-state index in [1.807, 2.05) is 13.8 Å². The number of hydrogen-bond donors (Lipinski definition) is 0. The Morgan fingerprint density at radius 3 is 1.53 bits per heavy atom. The van der Waals surface area contributed by atoms with E-state index in [4.69, 9.17) is 0 Å². The van der Waals surface area contributed by atoms with Crippen molar-refractivity contribution in [1.29, 1.82) is 0 Å². The normalized spacial score (nSPS) is 24.8. The van der Waals surface area contributed by atoms with Gasteiger partial charge in [-0.2, -0.15) is 0 Å². The molecule has 15 heavy (non-hydrogen) atoms. The quantitative estimate of drug-likeness (QED) is 0.521. The van der Waals surface area contributed by atoms with Crippen molar-refractivity contribution in [3.8, 4) is 0 Å². The Balaban J connectivity index is 0.000000921. The van der Waals surface area contributed by atoms with Crippen molar-refractivity contribution in [2.24, 2.45) is 11.8 Å². The largest absolute Gasteiger partial charge is 0.0683 e. The van der Waals surface area contributed by atoms with Crippen molar-refractivity contribution in [3.05, 3.63) is 0 Å². The molecule has 0 radical (unpaired) electrons. The van der Waals surface area contributed by atoms with Gasteiger partial charge < -0.3 is 0 Å². The van der Waals surface area contributed by atoms with Gasteiger partial charge in [-0.3, -0.25) is 0 Å². The van der Waals surface area contributed by atoms with Crippen LogP contribution < -0.4 is 0 Å². The van der Waals surface area contributed by atoms with Crippen LogP contribution in [0.5, 0.6) is 0 Å². The van der Waals surface area contributed by atoms with E-state index in [-0.39, 0.29) is 0 Å². The fraction of sp³-hybridized carbons (Fsp3) is 1.00. The second-order valence-electron chi connectivity index (χ2n) is 4.83. The van der Waals surface area contributed by atoms with E-state index in [1.165, 1.54) is 51.4 Å². The maximum Gasteiger partial charge on any atom is -0.0412 e. The third-order valence-corrected chi connectivity index (χ3v) is 3.58. The molecule has 0 aliphatic heterocycles. The Morgan fingerprint density at radius 2 is 1.20 bits per heavy atom. The fourth-order valence-electron chi connectivity index (χ4n) is 2.69. The minimum Gasteiger partial charge on any atom is -0.0683 e. The van der Waals surface area contributed by atoms with E-state index >= 15 is 0 Å². The summed E-state index contributed by atoms with van der Waals surface area (Å²) in [6.07, 6.45) is 13.4. The minimum absolute atomic E-state index is 1.10. The molecule has 1 rings (SSSR count). The molecular weight excluding hydrogens is 180 g/mol. The highest BCUT2D eigenvalue weighted by atomic mass is 14.3. The number of hydrogen-bond acceptors (Lipinski definition) is 0. The molecule has 0 N–H and O–H groups in total. The van der Waals surface area contributed by atoms with Gasteiger partial charge >= 0.3 is 0 Å². The fourth-order valence-corrected chi connectivity index (χ4v) is 2.69. The summed E-state index contributed by atoms with van der Waals surface area (Å²) in [6.45, 7) is 8.62. The predicted octanol–water partition coefficient (Wildman–Crippen LogP) is 5.81. The first kappa shape index (κ1) is 15.0. The van der Waals surface area contributed by atoms with Crippen LogP contribution in [0.3, 0.4) is 0 Å². The van der Waals surface area contributed by atoms with Gasteiger partial charge in [-0.05, 0) is 18.3 Å². The molecule has 0 heteroatoms. The molecule has 1 fully saturated rings. The highest BCUT2D eigenvalue weighted by molar-refractivity contribution is 4.75. The highest BCUT2D eigenvalue weighted by Crippen LogP contribution is 2.36. The molecule has 1 aliphatic carbocycles. The molecule has 0 aromatic carbocycles. The third-order valence-electron chi connectivity index (χ3n) is 3.58. The van der Waals surface area contributed by atoms with E-state index in [2.05, 4.69) is 13.8 Å². The summed E-state index contributed by atoms with van der Waals surface area (Å²) in [5.41, 5.74) is 0. The van der Waals surface area contributed by atoms with Gasteiger partial charge in [0, 0.05) is 0 Å². The van der Waals surface area contributed by atoms with E-state index in [1.54, 1.807) is 6.42 Å². The zero-order chi connectivity index (χ0) is 11.5. The molecule has 1 saturated carbocycles. The lowest BCUT2D eigenvalue weighted by atomic mass is 9.96. The molecule has 1 aliphatic rings. The summed E-state index contributed by atoms with van der Waals surface area (Å²) < 4.78 is 0. The van der Waals surface area contributed by atoms with Gasteiger partial charge in [0.1, 0.15) is 0 Å². The van der Waals surface area contributed by atoms with E-state index in [9.17, 15) is 0 Å². The smallest absolute Gasteiger partial charge is 0.0412 e. The summed E-state index contributed by atoms with van der Waals surface area (Å²) >= 11 is 0. The Labute approximate surface area is 97.8 Å². The molecule has 0 nitrogen and oxygen atoms in total. The Bertz CT molecular complexity index is 103. The van der Waals surface area contributed by atoms with Crippen LogP contribution in [0.2, 0.25) is 0 Å². The second kappa shape index (κ2) is 10.5. The molecule has 0 heterocycles. The lowest BCUT2D eigenvalue weighted by Crippen LogP contribution is -1.96. The van der Waals surface area contributed by atoms with Gasteiger partial charge in [0.2, 0.25) is 0 Å². The maximum absolute atomic E-state index is 2.31. The number of rotatable bonds is 6. The zero-order valence-electron chi connectivity index (χ0n) is 11.5. The van der Waals surface area contributed by atoms with Gasteiger partial charge in [0.15, 0.2) is 0 Å². The number of unbranched alkanes of at least 4 members (excludes halogenated alkanes) is 2. The van der Waals surface area contributed by atoms with Crippen molar-refractivity contribution < 1.29 is 0 Å². The first-order valence-corrected chi connectivity index (χ1v) is 7.36. The Morgan fingerprint density at radius 1 is 0.800 bits per heavy atom. The molecule has 2 atom stereocenters. The summed E-state index contributed by atoms with van der Waals surface area (Å²) in [4.78, 5) is 0. The van der Waals surface area contributed by atoms with E-state index < -0.39 is 0 Å². The molecule has 0 spiro atoms. The summed E-state index contributed by atoms with van der Waals surface area (Å²) in [5.74, 6) is 2.20. The van der Waals surface area contributed by atoms with Crippen molar-refractivity contribution in [1.82, 2.24) is 0 Å². The van der Waals surface area contributed by atoms with Crippen LogP contribution >= 0.6 is 0 Å². The molecule has 0 amide bonds. The van der Waals surface area contributed by atoms with Gasteiger partial charge in [0.05, 0.1) is 0 Å². The molecular formula is C15H32. The van der Waals surface area contributed by atoms with Crippen LogP contribution in [-0.2, 0) is 0 Å². The first-order valence-electron chi connectivity index (χ1n) is 7.36. The first-order chi connectivity index (χ1) is 7.36. The third kappa shape index (κ3) is 6.98. The molecule has 92 valence electrons. The molecule has 2 unspecified atom stereocenters. The van der Waals surface area contributed by atoms with Gasteiger partial charge in [-0.15, -0.1) is 0 Å². The van der Waals surface area contributed by atoms with Gasteiger partial charge in [-0.1, -0.05) is 79.1 Å². The lowest BCUT2D eigenvalue weighted by Gasteiger charge is -2.10. The topological polar surface area (TPSA) is 0 Å². The predicted molar refractivity (Wildman–Crippen MR) is 71.2 cm³/mol. The standard InChI is InChI=1S/C13H26.C2H6/c1-3-5-7-12-9-10-13(11-12)8-6-4-2;1-2/h12-13H,3-11H2,1-2H3;1-2H3. The van der Waals surface area contributed by atoms with Crippen molar-refractivity contribution in [3.63, 3.8) is 0 Å². The van der Waals surface area contributed by atoms with Crippen LogP contribution in [0.25, 0.3) is 0 Å². The monoisotopic (exact) mass is 212 g/mol. The van der Waals surface area contributed by atoms with Gasteiger partial charge in [-0.25, -0.2) is 0 Å². The van der Waals surface area contributed by atoms with Crippen LogP contribution in [0.15, 0.2) is 0 Å². The molecule has 0 aromatic heterocycles. The van der Waals surface area contributed by atoms with Crippen LogP contribution in [-0.4, -0.2) is 0 Å². The Hall–Kier alpha value is 0. The van der Waals surface area contributed by atoms with Crippen LogP contribution in [0, 0.1) is 11.8 Å². The van der Waals surface area contributed by atoms with Crippen LogP contribution in [0.1, 0.15) is 85.5 Å². The van der Waals surface area contributed by atoms with Crippen molar-refractivity contribution in [2.45, 2.75) is 85.5 Å². The van der Waals surface area contributed by atoms with Gasteiger partial charge in [0.25, 0.3) is 0 Å². The minimum atomic E-state index is 1.10. The average molecular weight is 212 g/mol. The van der Waals surface area contributed by atoms with E-state index in [0.717, 1.165) is 11.8 Å². The van der Waals surface area contributed by atoms with Crippen molar-refractivity contribution in [2.75, 3.05) is 0 Å². The average Bonchev–Trinajstić information content (AvgIpc) is 2.74. The molecule has 0 saturated heterocycles. The molecule has 0 aromatic rings. The van der Waals surface area contributed by atoms with Crippen molar-refractivity contribution >= 4 is 0 Å². The summed E-state index contributed by atoms with van der Waals surface area (Å²) in [5, 5.41) is 0. The Kier molecular flexibility index (Phi) is 10.5. The lowest BCUT2D eigenvalue weighted by molar-refractivity contribution is 0.426. The highest BCUT2D eigenvalue weighted by Gasteiger charge is 2.23.